The number of rotatable bonds is 4. The Hall–Kier alpha value is -1.47. The quantitative estimate of drug-likeness (QED) is 0.923. The molecule has 1 N–H and O–H groups in total. The number of aliphatic carboxylic acids is 1. The zero-order chi connectivity index (χ0) is 15.5. The highest BCUT2D eigenvalue weighted by molar-refractivity contribution is 6.35. The van der Waals surface area contributed by atoms with Crippen LogP contribution in [0.2, 0.25) is 10.0 Å². The molecule has 0 radical (unpaired) electrons. The number of hydrogen-bond donors (Lipinski definition) is 1. The topological polar surface area (TPSA) is 57.6 Å². The maximum atomic E-state index is 12.4. The van der Waals surface area contributed by atoms with Crippen molar-refractivity contribution in [2.45, 2.75) is 6.18 Å². The predicted molar refractivity (Wildman–Crippen MR) is 66.1 cm³/mol. The number of alkyl halides is 3. The standard InChI is InChI=1S/C11H8Cl2F3NO3/c12-6-1-2-8(13)7(3-6)10(20)17(4-9(18)19)5-11(14,15)16/h1-3H,4-5H2,(H,18,19). The first-order chi connectivity index (χ1) is 9.10. The van der Waals surface area contributed by atoms with Gasteiger partial charge in [0, 0.05) is 5.02 Å². The molecule has 0 fully saturated rings. The van der Waals surface area contributed by atoms with E-state index in [-0.39, 0.29) is 20.5 Å². The van der Waals surface area contributed by atoms with Gasteiger partial charge in [0.2, 0.25) is 0 Å². The Bertz CT molecular complexity index is 534. The second kappa shape index (κ2) is 6.32. The van der Waals surface area contributed by atoms with E-state index in [1.165, 1.54) is 12.1 Å². The molecule has 1 rings (SSSR count). The molecule has 0 spiro atoms. The summed E-state index contributed by atoms with van der Waals surface area (Å²) in [5.41, 5.74) is -0.287. The normalized spacial score (nSPS) is 11.2. The number of carbonyl (C=O) groups excluding carboxylic acids is 1. The summed E-state index contributed by atoms with van der Waals surface area (Å²) in [5.74, 6) is -2.72. The van der Waals surface area contributed by atoms with Crippen LogP contribution in [-0.4, -0.2) is 41.1 Å². The van der Waals surface area contributed by atoms with Crippen molar-refractivity contribution in [3.63, 3.8) is 0 Å². The molecule has 4 nitrogen and oxygen atoms in total. The minimum absolute atomic E-state index is 0.0973. The van der Waals surface area contributed by atoms with E-state index in [1.807, 2.05) is 0 Å². The summed E-state index contributed by atoms with van der Waals surface area (Å²) in [5, 5.41) is 8.56. The van der Waals surface area contributed by atoms with Crippen LogP contribution >= 0.6 is 23.2 Å². The molecule has 9 heteroatoms. The van der Waals surface area contributed by atoms with Gasteiger partial charge >= 0.3 is 12.1 Å². The van der Waals surface area contributed by atoms with Crippen molar-refractivity contribution >= 4 is 35.1 Å². The van der Waals surface area contributed by atoms with Crippen LogP contribution in [0.3, 0.4) is 0 Å². The maximum Gasteiger partial charge on any atom is 0.406 e. The van der Waals surface area contributed by atoms with Crippen LogP contribution in [0.5, 0.6) is 0 Å². The summed E-state index contributed by atoms with van der Waals surface area (Å²) < 4.78 is 37.1. The molecule has 0 aliphatic carbocycles. The summed E-state index contributed by atoms with van der Waals surface area (Å²) >= 11 is 11.3. The fraction of sp³-hybridized carbons (Fsp3) is 0.273. The summed E-state index contributed by atoms with van der Waals surface area (Å²) in [6.45, 7) is -2.79. The van der Waals surface area contributed by atoms with Gasteiger partial charge in [0.15, 0.2) is 0 Å². The molecule has 0 unspecified atom stereocenters. The molecule has 1 aromatic rings. The van der Waals surface area contributed by atoms with Crippen LogP contribution in [0.15, 0.2) is 18.2 Å². The van der Waals surface area contributed by atoms with Crippen molar-refractivity contribution in [1.29, 1.82) is 0 Å². The molecular formula is C11H8Cl2F3NO3. The first-order valence-electron chi connectivity index (χ1n) is 5.13. The van der Waals surface area contributed by atoms with Gasteiger partial charge in [-0.25, -0.2) is 0 Å². The maximum absolute atomic E-state index is 12.4. The number of halogens is 5. The molecule has 0 aromatic heterocycles. The van der Waals surface area contributed by atoms with Gasteiger partial charge in [-0.1, -0.05) is 23.2 Å². The number of carboxylic acids is 1. The molecule has 110 valence electrons. The summed E-state index contributed by atoms with van der Waals surface area (Å²) in [7, 11) is 0. The van der Waals surface area contributed by atoms with Crippen LogP contribution in [0.1, 0.15) is 10.4 Å². The molecule has 1 amide bonds. The monoisotopic (exact) mass is 329 g/mol. The minimum atomic E-state index is -4.73. The third-order valence-corrected chi connectivity index (χ3v) is 2.71. The Labute approximate surface area is 121 Å². The van der Waals surface area contributed by atoms with Crippen LogP contribution in [-0.2, 0) is 4.79 Å². The number of carboxylic acid groups (broad SMARTS) is 1. The summed E-state index contributed by atoms with van der Waals surface area (Å²) in [6, 6.07) is 3.67. The molecule has 0 aliphatic rings. The molecule has 0 atom stereocenters. The lowest BCUT2D eigenvalue weighted by Crippen LogP contribution is -2.42. The Balaban J connectivity index is 3.09. The zero-order valence-corrected chi connectivity index (χ0v) is 11.3. The molecule has 0 saturated heterocycles. The lowest BCUT2D eigenvalue weighted by atomic mass is 10.2. The van der Waals surface area contributed by atoms with E-state index in [2.05, 4.69) is 0 Å². The van der Waals surface area contributed by atoms with E-state index in [4.69, 9.17) is 28.3 Å². The van der Waals surface area contributed by atoms with E-state index in [9.17, 15) is 22.8 Å². The molecular weight excluding hydrogens is 322 g/mol. The number of amides is 1. The third-order valence-electron chi connectivity index (χ3n) is 2.14. The van der Waals surface area contributed by atoms with Crippen molar-refractivity contribution in [2.75, 3.05) is 13.1 Å². The SMILES string of the molecule is O=C(O)CN(CC(F)(F)F)C(=O)c1cc(Cl)ccc1Cl. The molecule has 0 saturated carbocycles. The van der Waals surface area contributed by atoms with Gasteiger partial charge in [-0.3, -0.25) is 9.59 Å². The van der Waals surface area contributed by atoms with Crippen molar-refractivity contribution in [3.05, 3.63) is 33.8 Å². The lowest BCUT2D eigenvalue weighted by molar-refractivity contribution is -0.149. The summed E-state index contributed by atoms with van der Waals surface area (Å²) in [6.07, 6.45) is -4.73. The van der Waals surface area contributed by atoms with Gasteiger partial charge in [0.1, 0.15) is 13.1 Å². The molecule has 20 heavy (non-hydrogen) atoms. The fourth-order valence-corrected chi connectivity index (χ4v) is 1.78. The Morgan fingerprint density at radius 1 is 1.25 bits per heavy atom. The smallest absolute Gasteiger partial charge is 0.406 e. The Kier molecular flexibility index (Phi) is 5.24. The van der Waals surface area contributed by atoms with E-state index in [0.29, 0.717) is 0 Å². The fourth-order valence-electron chi connectivity index (χ4n) is 1.41. The highest BCUT2D eigenvalue weighted by Crippen LogP contribution is 2.24. The van der Waals surface area contributed by atoms with Crippen LogP contribution < -0.4 is 0 Å². The molecule has 0 aliphatic heterocycles. The molecule has 1 aromatic carbocycles. The van der Waals surface area contributed by atoms with Gasteiger partial charge in [-0.15, -0.1) is 0 Å². The number of nitrogens with zero attached hydrogens (tertiary/aromatic N) is 1. The number of hydrogen-bond acceptors (Lipinski definition) is 2. The minimum Gasteiger partial charge on any atom is -0.480 e. The van der Waals surface area contributed by atoms with Gasteiger partial charge in [0.25, 0.3) is 5.91 Å². The van der Waals surface area contributed by atoms with Crippen molar-refractivity contribution in [2.24, 2.45) is 0 Å². The highest BCUT2D eigenvalue weighted by atomic mass is 35.5. The molecule has 0 heterocycles. The second-order valence-corrected chi connectivity index (χ2v) is 4.64. The summed E-state index contributed by atoms with van der Waals surface area (Å²) in [4.78, 5) is 22.7. The van der Waals surface area contributed by atoms with Gasteiger partial charge in [-0.2, -0.15) is 13.2 Å². The Morgan fingerprint density at radius 3 is 2.35 bits per heavy atom. The Morgan fingerprint density at radius 2 is 1.85 bits per heavy atom. The first-order valence-corrected chi connectivity index (χ1v) is 5.88. The second-order valence-electron chi connectivity index (χ2n) is 3.79. The highest BCUT2D eigenvalue weighted by Gasteiger charge is 2.34. The van der Waals surface area contributed by atoms with Gasteiger partial charge in [0.05, 0.1) is 10.6 Å². The van der Waals surface area contributed by atoms with Crippen molar-refractivity contribution < 1.29 is 27.9 Å². The van der Waals surface area contributed by atoms with Crippen LogP contribution in [0.4, 0.5) is 13.2 Å². The third kappa shape index (κ3) is 4.90. The largest absolute Gasteiger partial charge is 0.480 e. The number of benzene rings is 1. The van der Waals surface area contributed by atoms with Gasteiger partial charge in [-0.05, 0) is 18.2 Å². The first kappa shape index (κ1) is 16.6. The van der Waals surface area contributed by atoms with E-state index in [1.54, 1.807) is 0 Å². The average molecular weight is 330 g/mol. The number of carbonyl (C=O) groups is 2. The van der Waals surface area contributed by atoms with E-state index in [0.717, 1.165) is 6.07 Å². The zero-order valence-electron chi connectivity index (χ0n) is 9.75. The van der Waals surface area contributed by atoms with Crippen molar-refractivity contribution in [3.8, 4) is 0 Å². The molecule has 0 bridgehead atoms. The van der Waals surface area contributed by atoms with Crippen molar-refractivity contribution in [1.82, 2.24) is 4.90 Å². The van der Waals surface area contributed by atoms with Gasteiger partial charge < -0.3 is 10.0 Å². The van der Waals surface area contributed by atoms with Crippen LogP contribution in [0.25, 0.3) is 0 Å². The predicted octanol–water partition coefficient (Wildman–Crippen LogP) is 3.08. The van der Waals surface area contributed by atoms with Crippen LogP contribution in [0, 0.1) is 0 Å². The average Bonchev–Trinajstić information content (AvgIpc) is 2.28. The van der Waals surface area contributed by atoms with E-state index >= 15 is 0 Å². The van der Waals surface area contributed by atoms with E-state index < -0.39 is 31.1 Å². The lowest BCUT2D eigenvalue weighted by Gasteiger charge is -2.22.